The largest absolute Gasteiger partial charge is 0.399 e. The Hall–Kier alpha value is -2.60. The first-order valence-corrected chi connectivity index (χ1v) is 8.16. The van der Waals surface area contributed by atoms with Gasteiger partial charge in [-0.05, 0) is 23.3 Å². The second-order valence-electron chi connectivity index (χ2n) is 5.10. The lowest BCUT2D eigenvalue weighted by Crippen LogP contribution is -2.17. The Labute approximate surface area is 138 Å². The number of nitrogens with zero attached hydrogens (tertiary/aromatic N) is 2. The van der Waals surface area contributed by atoms with Crippen LogP contribution < -0.4 is 11.3 Å². The Balaban J connectivity index is 1.67. The fourth-order valence-corrected chi connectivity index (χ4v) is 2.84. The SMILES string of the molecule is Nc1ccc(CSc2nnc(Cc3ccccc3)c(=O)[nH]2)cc1. The van der Waals surface area contributed by atoms with E-state index >= 15 is 0 Å². The number of hydrogen-bond acceptors (Lipinski definition) is 5. The summed E-state index contributed by atoms with van der Waals surface area (Å²) in [6, 6.07) is 17.4. The van der Waals surface area contributed by atoms with Crippen molar-refractivity contribution < 1.29 is 0 Å². The average molecular weight is 324 g/mol. The molecule has 3 N–H and O–H groups in total. The molecule has 0 aliphatic rings. The van der Waals surface area contributed by atoms with E-state index in [0.717, 1.165) is 16.8 Å². The molecule has 5 nitrogen and oxygen atoms in total. The van der Waals surface area contributed by atoms with Gasteiger partial charge in [-0.25, -0.2) is 0 Å². The third kappa shape index (κ3) is 4.20. The van der Waals surface area contributed by atoms with Crippen LogP contribution in [0.2, 0.25) is 0 Å². The molecule has 0 unspecified atom stereocenters. The molecule has 6 heteroatoms. The van der Waals surface area contributed by atoms with Crippen LogP contribution in [0.3, 0.4) is 0 Å². The number of thioether (sulfide) groups is 1. The standard InChI is InChI=1S/C17H16N4OS/c18-14-8-6-13(7-9-14)11-23-17-19-16(22)15(20-21-17)10-12-4-2-1-3-5-12/h1-9H,10-11,18H2,(H,19,21,22). The molecule has 2 aromatic carbocycles. The fourth-order valence-electron chi connectivity index (χ4n) is 2.08. The van der Waals surface area contributed by atoms with Gasteiger partial charge in [0.05, 0.1) is 0 Å². The second kappa shape index (κ2) is 7.11. The van der Waals surface area contributed by atoms with Crippen LogP contribution in [0.15, 0.2) is 64.5 Å². The summed E-state index contributed by atoms with van der Waals surface area (Å²) in [7, 11) is 0. The Kier molecular flexibility index (Phi) is 4.73. The van der Waals surface area contributed by atoms with E-state index in [1.165, 1.54) is 11.8 Å². The summed E-state index contributed by atoms with van der Waals surface area (Å²) >= 11 is 1.44. The number of hydrogen-bond donors (Lipinski definition) is 2. The number of nitrogen functional groups attached to an aromatic ring is 1. The van der Waals surface area contributed by atoms with Crippen molar-refractivity contribution >= 4 is 17.4 Å². The number of rotatable bonds is 5. The van der Waals surface area contributed by atoms with Crippen molar-refractivity contribution in [3.05, 3.63) is 81.8 Å². The first-order chi connectivity index (χ1) is 11.2. The average Bonchev–Trinajstić information content (AvgIpc) is 2.57. The van der Waals surface area contributed by atoms with Crippen molar-refractivity contribution in [3.63, 3.8) is 0 Å². The number of anilines is 1. The van der Waals surface area contributed by atoms with Gasteiger partial charge >= 0.3 is 0 Å². The van der Waals surface area contributed by atoms with Crippen molar-refractivity contribution in [1.82, 2.24) is 15.2 Å². The minimum atomic E-state index is -0.191. The molecule has 0 fully saturated rings. The molecule has 0 amide bonds. The summed E-state index contributed by atoms with van der Waals surface area (Å²) in [6.45, 7) is 0. The van der Waals surface area contributed by atoms with Crippen molar-refractivity contribution in [2.45, 2.75) is 17.3 Å². The highest BCUT2D eigenvalue weighted by molar-refractivity contribution is 7.98. The third-order valence-electron chi connectivity index (χ3n) is 3.31. The summed E-state index contributed by atoms with van der Waals surface area (Å²) in [5.74, 6) is 0.697. The van der Waals surface area contributed by atoms with Crippen molar-refractivity contribution in [2.24, 2.45) is 0 Å². The van der Waals surface area contributed by atoms with E-state index in [1.807, 2.05) is 54.6 Å². The van der Waals surface area contributed by atoms with Gasteiger partial charge in [0.1, 0.15) is 5.69 Å². The molecule has 0 radical (unpaired) electrons. The highest BCUT2D eigenvalue weighted by Crippen LogP contribution is 2.18. The van der Waals surface area contributed by atoms with Gasteiger partial charge in [0, 0.05) is 17.9 Å². The zero-order chi connectivity index (χ0) is 16.1. The van der Waals surface area contributed by atoms with Crippen LogP contribution in [-0.2, 0) is 12.2 Å². The van der Waals surface area contributed by atoms with Gasteiger partial charge in [0.2, 0.25) is 0 Å². The molecule has 0 bridgehead atoms. The summed E-state index contributed by atoms with van der Waals surface area (Å²) in [6.07, 6.45) is 0.478. The maximum Gasteiger partial charge on any atom is 0.273 e. The Morgan fingerprint density at radius 2 is 1.70 bits per heavy atom. The minimum Gasteiger partial charge on any atom is -0.399 e. The number of nitrogens with two attached hydrogens (primary N) is 1. The monoisotopic (exact) mass is 324 g/mol. The van der Waals surface area contributed by atoms with E-state index in [0.29, 0.717) is 23.0 Å². The van der Waals surface area contributed by atoms with Crippen LogP contribution in [0, 0.1) is 0 Å². The smallest absolute Gasteiger partial charge is 0.273 e. The van der Waals surface area contributed by atoms with Crippen LogP contribution in [-0.4, -0.2) is 15.2 Å². The van der Waals surface area contributed by atoms with Crippen LogP contribution in [0.5, 0.6) is 0 Å². The summed E-state index contributed by atoms with van der Waals surface area (Å²) in [5.41, 5.74) is 8.77. The van der Waals surface area contributed by atoms with Gasteiger partial charge < -0.3 is 5.73 Å². The van der Waals surface area contributed by atoms with Gasteiger partial charge in [-0.3, -0.25) is 9.78 Å². The molecule has 0 atom stereocenters. The van der Waals surface area contributed by atoms with E-state index in [4.69, 9.17) is 5.73 Å². The molecule has 0 spiro atoms. The molecule has 0 aliphatic heterocycles. The summed E-state index contributed by atoms with van der Waals surface area (Å²) < 4.78 is 0. The maximum atomic E-state index is 12.1. The normalized spacial score (nSPS) is 10.6. The molecule has 0 saturated heterocycles. The van der Waals surface area contributed by atoms with Gasteiger partial charge in [0.15, 0.2) is 5.16 Å². The quantitative estimate of drug-likeness (QED) is 0.557. The third-order valence-corrected chi connectivity index (χ3v) is 4.25. The number of aromatic nitrogens is 3. The molecule has 0 saturated carbocycles. The topological polar surface area (TPSA) is 84.7 Å². The van der Waals surface area contributed by atoms with Crippen LogP contribution in [0.1, 0.15) is 16.8 Å². The first-order valence-electron chi connectivity index (χ1n) is 7.18. The molecule has 23 heavy (non-hydrogen) atoms. The van der Waals surface area contributed by atoms with Crippen molar-refractivity contribution in [2.75, 3.05) is 5.73 Å². The molecule has 1 heterocycles. The maximum absolute atomic E-state index is 12.1. The number of aromatic amines is 1. The van der Waals surface area contributed by atoms with Crippen LogP contribution >= 0.6 is 11.8 Å². The Morgan fingerprint density at radius 1 is 0.957 bits per heavy atom. The first kappa shape index (κ1) is 15.3. The molecular formula is C17H16N4OS. The predicted molar refractivity (Wildman–Crippen MR) is 92.3 cm³/mol. The molecule has 0 aliphatic carbocycles. The van der Waals surface area contributed by atoms with Crippen LogP contribution in [0.25, 0.3) is 0 Å². The minimum absolute atomic E-state index is 0.191. The zero-order valence-corrected chi connectivity index (χ0v) is 13.2. The van der Waals surface area contributed by atoms with Gasteiger partial charge in [-0.1, -0.05) is 54.2 Å². The highest BCUT2D eigenvalue weighted by Gasteiger charge is 2.06. The summed E-state index contributed by atoms with van der Waals surface area (Å²) in [5, 5.41) is 8.68. The van der Waals surface area contributed by atoms with E-state index < -0.39 is 0 Å². The lowest BCUT2D eigenvalue weighted by Gasteiger charge is -2.03. The van der Waals surface area contributed by atoms with Gasteiger partial charge in [0.25, 0.3) is 5.56 Å². The van der Waals surface area contributed by atoms with E-state index in [-0.39, 0.29) is 5.56 Å². The van der Waals surface area contributed by atoms with Gasteiger partial charge in [-0.2, -0.15) is 0 Å². The fraction of sp³-hybridized carbons (Fsp3) is 0.118. The Bertz CT molecular complexity index is 831. The lowest BCUT2D eigenvalue weighted by atomic mass is 10.1. The molecule has 116 valence electrons. The van der Waals surface area contributed by atoms with E-state index in [1.54, 1.807) is 0 Å². The lowest BCUT2D eigenvalue weighted by molar-refractivity contribution is 0.772. The number of nitrogens with one attached hydrogen (secondary N) is 1. The number of H-pyrrole nitrogens is 1. The second-order valence-corrected chi connectivity index (χ2v) is 6.06. The summed E-state index contributed by atoms with van der Waals surface area (Å²) in [4.78, 5) is 14.9. The molecule has 1 aromatic heterocycles. The van der Waals surface area contributed by atoms with E-state index in [2.05, 4.69) is 15.2 Å². The molecular weight excluding hydrogens is 308 g/mol. The highest BCUT2D eigenvalue weighted by atomic mass is 32.2. The predicted octanol–water partition coefficient (Wildman–Crippen LogP) is 2.63. The molecule has 3 rings (SSSR count). The van der Waals surface area contributed by atoms with Crippen LogP contribution in [0.4, 0.5) is 5.69 Å². The van der Waals surface area contributed by atoms with E-state index in [9.17, 15) is 4.79 Å². The number of benzene rings is 2. The zero-order valence-electron chi connectivity index (χ0n) is 12.4. The van der Waals surface area contributed by atoms with Crippen molar-refractivity contribution in [1.29, 1.82) is 0 Å². The van der Waals surface area contributed by atoms with Gasteiger partial charge in [-0.15, -0.1) is 10.2 Å². The Morgan fingerprint density at radius 3 is 2.39 bits per heavy atom. The molecule has 3 aromatic rings. The van der Waals surface area contributed by atoms with Crippen molar-refractivity contribution in [3.8, 4) is 0 Å².